The summed E-state index contributed by atoms with van der Waals surface area (Å²) in [4.78, 5) is 18.5. The van der Waals surface area contributed by atoms with Crippen molar-refractivity contribution in [3.8, 4) is 11.8 Å². The van der Waals surface area contributed by atoms with E-state index >= 15 is 0 Å². The molecule has 1 saturated heterocycles. The third-order valence-electron chi connectivity index (χ3n) is 3.62. The van der Waals surface area contributed by atoms with E-state index in [9.17, 15) is 4.79 Å². The van der Waals surface area contributed by atoms with Crippen molar-refractivity contribution in [1.29, 1.82) is 0 Å². The van der Waals surface area contributed by atoms with Gasteiger partial charge in [0.05, 0.1) is 6.54 Å². The second-order valence-electron chi connectivity index (χ2n) is 5.27. The Bertz CT molecular complexity index is 513. The highest BCUT2D eigenvalue weighted by molar-refractivity contribution is 5.92. The van der Waals surface area contributed by atoms with Gasteiger partial charge in [0.15, 0.2) is 0 Å². The molecule has 2 N–H and O–H groups in total. The zero-order valence-corrected chi connectivity index (χ0v) is 11.9. The van der Waals surface area contributed by atoms with Gasteiger partial charge in [0, 0.05) is 24.8 Å². The highest BCUT2D eigenvalue weighted by Gasteiger charge is 2.20. The molecule has 106 valence electrons. The van der Waals surface area contributed by atoms with Gasteiger partial charge in [0.1, 0.15) is 5.69 Å². The maximum atomic E-state index is 12.4. The number of pyridine rings is 1. The van der Waals surface area contributed by atoms with Crippen molar-refractivity contribution in [1.82, 2.24) is 9.88 Å². The molecular formula is C16H21N3O. The molecule has 1 aromatic rings. The predicted octanol–water partition coefficient (Wildman–Crippen LogP) is 1.65. The standard InChI is InChI=1S/C16H21N3O/c1-13-4-3-10-19(11-8-13)16(20)15-7-6-14(12-18-15)5-2-9-17/h6-7,12-13H,3-4,8-11,17H2,1H3. The fourth-order valence-corrected chi connectivity index (χ4v) is 2.38. The van der Waals surface area contributed by atoms with Crippen LogP contribution < -0.4 is 5.73 Å². The fourth-order valence-electron chi connectivity index (χ4n) is 2.38. The first-order chi connectivity index (χ1) is 9.70. The van der Waals surface area contributed by atoms with Crippen LogP contribution in [0.3, 0.4) is 0 Å². The molecule has 1 fully saturated rings. The van der Waals surface area contributed by atoms with Crippen LogP contribution in [-0.4, -0.2) is 35.4 Å². The molecule has 20 heavy (non-hydrogen) atoms. The third kappa shape index (κ3) is 3.82. The Labute approximate surface area is 120 Å². The van der Waals surface area contributed by atoms with E-state index < -0.39 is 0 Å². The topological polar surface area (TPSA) is 59.2 Å². The third-order valence-corrected chi connectivity index (χ3v) is 3.62. The van der Waals surface area contributed by atoms with Gasteiger partial charge in [-0.3, -0.25) is 4.79 Å². The first-order valence-corrected chi connectivity index (χ1v) is 7.15. The van der Waals surface area contributed by atoms with E-state index in [1.807, 2.05) is 11.0 Å². The number of aromatic nitrogens is 1. The molecule has 2 rings (SSSR count). The Kier molecular flexibility index (Phi) is 5.14. The van der Waals surface area contributed by atoms with Crippen LogP contribution in [0.5, 0.6) is 0 Å². The van der Waals surface area contributed by atoms with Gasteiger partial charge in [0.25, 0.3) is 5.91 Å². The molecule has 2 heterocycles. The van der Waals surface area contributed by atoms with E-state index in [1.165, 1.54) is 6.42 Å². The van der Waals surface area contributed by atoms with Crippen LogP contribution in [-0.2, 0) is 0 Å². The van der Waals surface area contributed by atoms with Crippen LogP contribution in [0.25, 0.3) is 0 Å². The van der Waals surface area contributed by atoms with Gasteiger partial charge in [-0.1, -0.05) is 18.8 Å². The number of hydrogen-bond donors (Lipinski definition) is 1. The number of likely N-dealkylation sites (tertiary alicyclic amines) is 1. The zero-order valence-electron chi connectivity index (χ0n) is 11.9. The minimum absolute atomic E-state index is 0.0254. The van der Waals surface area contributed by atoms with Crippen molar-refractivity contribution in [3.63, 3.8) is 0 Å². The summed E-state index contributed by atoms with van der Waals surface area (Å²) in [5.41, 5.74) is 6.61. The lowest BCUT2D eigenvalue weighted by Crippen LogP contribution is -2.32. The van der Waals surface area contributed by atoms with E-state index in [-0.39, 0.29) is 5.91 Å². The molecule has 0 aromatic carbocycles. The van der Waals surface area contributed by atoms with Crippen molar-refractivity contribution in [2.24, 2.45) is 11.7 Å². The summed E-state index contributed by atoms with van der Waals surface area (Å²) in [5, 5.41) is 0. The highest BCUT2D eigenvalue weighted by atomic mass is 16.2. The summed E-state index contributed by atoms with van der Waals surface area (Å²) in [6.07, 6.45) is 4.99. The van der Waals surface area contributed by atoms with E-state index in [0.29, 0.717) is 18.2 Å². The Balaban J connectivity index is 2.05. The van der Waals surface area contributed by atoms with E-state index in [2.05, 4.69) is 23.7 Å². The maximum absolute atomic E-state index is 12.4. The van der Waals surface area contributed by atoms with Gasteiger partial charge in [-0.25, -0.2) is 4.98 Å². The zero-order chi connectivity index (χ0) is 14.4. The summed E-state index contributed by atoms with van der Waals surface area (Å²) >= 11 is 0. The number of amides is 1. The molecule has 0 saturated carbocycles. The number of nitrogens with zero attached hydrogens (tertiary/aromatic N) is 2. The largest absolute Gasteiger partial charge is 0.337 e. The first kappa shape index (κ1) is 14.5. The summed E-state index contributed by atoms with van der Waals surface area (Å²) in [5.74, 6) is 6.40. The van der Waals surface area contributed by atoms with Crippen molar-refractivity contribution in [2.75, 3.05) is 19.6 Å². The molecule has 0 radical (unpaired) electrons. The summed E-state index contributed by atoms with van der Waals surface area (Å²) in [7, 11) is 0. The van der Waals surface area contributed by atoms with Crippen molar-refractivity contribution in [2.45, 2.75) is 26.2 Å². The molecule has 1 unspecified atom stereocenters. The normalized spacial score (nSPS) is 18.9. The quantitative estimate of drug-likeness (QED) is 0.790. The molecule has 1 aliphatic rings. The predicted molar refractivity (Wildman–Crippen MR) is 79.1 cm³/mol. The van der Waals surface area contributed by atoms with Crippen molar-refractivity contribution >= 4 is 5.91 Å². The van der Waals surface area contributed by atoms with Gasteiger partial charge < -0.3 is 10.6 Å². The second-order valence-corrected chi connectivity index (χ2v) is 5.27. The van der Waals surface area contributed by atoms with Crippen LogP contribution in [0.1, 0.15) is 42.2 Å². The Morgan fingerprint density at radius 3 is 3.00 bits per heavy atom. The van der Waals surface area contributed by atoms with Crippen LogP contribution in [0, 0.1) is 17.8 Å². The lowest BCUT2D eigenvalue weighted by atomic mass is 10.0. The molecule has 1 aliphatic heterocycles. The summed E-state index contributed by atoms with van der Waals surface area (Å²) in [6, 6.07) is 3.57. The van der Waals surface area contributed by atoms with E-state index in [4.69, 9.17) is 5.73 Å². The van der Waals surface area contributed by atoms with Crippen LogP contribution in [0.15, 0.2) is 18.3 Å². The molecule has 0 aliphatic carbocycles. The van der Waals surface area contributed by atoms with Crippen LogP contribution in [0.2, 0.25) is 0 Å². The van der Waals surface area contributed by atoms with Gasteiger partial charge in [-0.2, -0.15) is 0 Å². The van der Waals surface area contributed by atoms with Gasteiger partial charge in [-0.05, 0) is 37.3 Å². The highest BCUT2D eigenvalue weighted by Crippen LogP contribution is 2.17. The summed E-state index contributed by atoms with van der Waals surface area (Å²) < 4.78 is 0. The lowest BCUT2D eigenvalue weighted by molar-refractivity contribution is 0.0754. The van der Waals surface area contributed by atoms with E-state index in [1.54, 1.807) is 12.3 Å². The van der Waals surface area contributed by atoms with Crippen molar-refractivity contribution in [3.05, 3.63) is 29.6 Å². The molecular weight excluding hydrogens is 250 g/mol. The number of carbonyl (C=O) groups excluding carboxylic acids is 1. The molecule has 0 bridgehead atoms. The maximum Gasteiger partial charge on any atom is 0.272 e. The molecule has 1 amide bonds. The smallest absolute Gasteiger partial charge is 0.272 e. The molecule has 1 atom stereocenters. The summed E-state index contributed by atoms with van der Waals surface area (Å²) in [6.45, 7) is 4.24. The fraction of sp³-hybridized carbons (Fsp3) is 0.500. The first-order valence-electron chi connectivity index (χ1n) is 7.15. The number of nitrogens with two attached hydrogens (primary N) is 1. The molecule has 0 spiro atoms. The number of hydrogen-bond acceptors (Lipinski definition) is 3. The SMILES string of the molecule is CC1CCCN(C(=O)c2ccc(C#CCN)cn2)CC1. The average molecular weight is 271 g/mol. The van der Waals surface area contributed by atoms with Crippen LogP contribution in [0.4, 0.5) is 0 Å². The van der Waals surface area contributed by atoms with Crippen molar-refractivity contribution < 1.29 is 4.79 Å². The number of rotatable bonds is 1. The minimum atomic E-state index is 0.0254. The van der Waals surface area contributed by atoms with Gasteiger partial charge in [0.2, 0.25) is 0 Å². The van der Waals surface area contributed by atoms with Gasteiger partial charge >= 0.3 is 0 Å². The van der Waals surface area contributed by atoms with E-state index in [0.717, 1.165) is 31.5 Å². The average Bonchev–Trinajstić information content (AvgIpc) is 2.70. The lowest BCUT2D eigenvalue weighted by Gasteiger charge is -2.19. The Morgan fingerprint density at radius 2 is 2.30 bits per heavy atom. The molecule has 4 nitrogen and oxygen atoms in total. The molecule has 1 aromatic heterocycles. The Morgan fingerprint density at radius 1 is 1.45 bits per heavy atom. The number of carbonyl (C=O) groups is 1. The van der Waals surface area contributed by atoms with Gasteiger partial charge in [-0.15, -0.1) is 0 Å². The Hall–Kier alpha value is -1.86. The minimum Gasteiger partial charge on any atom is -0.337 e. The van der Waals surface area contributed by atoms with Crippen LogP contribution >= 0.6 is 0 Å². The molecule has 4 heteroatoms. The second kappa shape index (κ2) is 7.06. The monoisotopic (exact) mass is 271 g/mol.